The van der Waals surface area contributed by atoms with Crippen molar-refractivity contribution in [1.82, 2.24) is 30.2 Å². The van der Waals surface area contributed by atoms with Crippen molar-refractivity contribution >= 4 is 22.8 Å². The summed E-state index contributed by atoms with van der Waals surface area (Å²) < 4.78 is 7.26. The van der Waals surface area contributed by atoms with Crippen LogP contribution in [0.4, 0.5) is 10.6 Å². The molecule has 0 atom stereocenters. The Morgan fingerprint density at radius 1 is 1.22 bits per heavy atom. The van der Waals surface area contributed by atoms with E-state index in [-0.39, 0.29) is 5.41 Å². The molecule has 0 aliphatic heterocycles. The second-order valence-corrected chi connectivity index (χ2v) is 8.07. The topological polar surface area (TPSA) is 119 Å². The Kier molecular flexibility index (Phi) is 4.98. The van der Waals surface area contributed by atoms with E-state index in [0.29, 0.717) is 24.0 Å². The van der Waals surface area contributed by atoms with Gasteiger partial charge in [-0.2, -0.15) is 9.83 Å². The van der Waals surface area contributed by atoms with Gasteiger partial charge in [-0.15, -0.1) is 0 Å². The molecule has 5 rings (SSSR count). The smallest absolute Gasteiger partial charge is 0.437 e. The van der Waals surface area contributed by atoms with Crippen LogP contribution in [0, 0.1) is 0 Å². The molecule has 1 fully saturated rings. The minimum atomic E-state index is -0.625. The van der Waals surface area contributed by atoms with E-state index in [1.807, 2.05) is 31.3 Å². The van der Waals surface area contributed by atoms with E-state index in [1.165, 1.54) is 11.1 Å². The molecule has 1 amide bonds. The summed E-state index contributed by atoms with van der Waals surface area (Å²) in [5.74, 6) is 1.51. The van der Waals surface area contributed by atoms with Gasteiger partial charge in [0.15, 0.2) is 5.82 Å². The number of aromatic nitrogens is 5. The van der Waals surface area contributed by atoms with Gasteiger partial charge in [-0.3, -0.25) is 10.4 Å². The van der Waals surface area contributed by atoms with Gasteiger partial charge in [0.1, 0.15) is 12.1 Å². The third-order valence-electron chi connectivity index (χ3n) is 5.54. The molecule has 164 valence electrons. The zero-order chi connectivity index (χ0) is 22.1. The third-order valence-corrected chi connectivity index (χ3v) is 5.54. The molecule has 1 aliphatic rings. The molecule has 4 aromatic rings. The summed E-state index contributed by atoms with van der Waals surface area (Å²) in [5.41, 5.74) is 2.72. The van der Waals surface area contributed by atoms with Crippen LogP contribution in [0.5, 0.6) is 11.6 Å². The number of hydrogen-bond acceptors (Lipinski definition) is 7. The molecular formula is C22H23N7O3. The SMILES string of the molecule is CNCc1cc(Oc2ccc3c(ccn3OC(=O)Nc3cc(C4(C)CC4)[nH]n3)c2)ncn1. The van der Waals surface area contributed by atoms with Crippen molar-refractivity contribution in [2.75, 3.05) is 12.4 Å². The Hall–Kier alpha value is -3.92. The predicted molar refractivity (Wildman–Crippen MR) is 118 cm³/mol. The Morgan fingerprint density at radius 2 is 2.09 bits per heavy atom. The fourth-order valence-electron chi connectivity index (χ4n) is 3.44. The summed E-state index contributed by atoms with van der Waals surface area (Å²) in [4.78, 5) is 26.1. The van der Waals surface area contributed by atoms with Crippen molar-refractivity contribution in [2.24, 2.45) is 0 Å². The molecule has 1 saturated carbocycles. The number of rotatable bonds is 7. The lowest BCUT2D eigenvalue weighted by atomic mass is 10.1. The molecule has 10 nitrogen and oxygen atoms in total. The highest BCUT2D eigenvalue weighted by molar-refractivity contribution is 5.86. The largest absolute Gasteiger partial charge is 0.439 e. The summed E-state index contributed by atoms with van der Waals surface area (Å²) in [6.07, 6.45) is 4.75. The highest BCUT2D eigenvalue weighted by Crippen LogP contribution is 2.47. The van der Waals surface area contributed by atoms with Crippen LogP contribution in [-0.4, -0.2) is 38.0 Å². The summed E-state index contributed by atoms with van der Waals surface area (Å²) in [6, 6.07) is 10.9. The van der Waals surface area contributed by atoms with E-state index in [9.17, 15) is 4.79 Å². The van der Waals surface area contributed by atoms with Crippen molar-refractivity contribution in [2.45, 2.75) is 31.7 Å². The van der Waals surface area contributed by atoms with E-state index >= 15 is 0 Å². The van der Waals surface area contributed by atoms with E-state index in [0.717, 1.165) is 35.1 Å². The molecule has 0 saturated heterocycles. The first-order valence-corrected chi connectivity index (χ1v) is 10.3. The number of fused-ring (bicyclic) bond motifs is 1. The van der Waals surface area contributed by atoms with Gasteiger partial charge >= 0.3 is 6.09 Å². The lowest BCUT2D eigenvalue weighted by Gasteiger charge is -2.08. The number of nitrogens with zero attached hydrogens (tertiary/aromatic N) is 4. The number of carbonyl (C=O) groups excluding carboxylic acids is 1. The number of benzene rings is 1. The van der Waals surface area contributed by atoms with Crippen LogP contribution in [-0.2, 0) is 12.0 Å². The quantitative estimate of drug-likeness (QED) is 0.409. The van der Waals surface area contributed by atoms with E-state index in [1.54, 1.807) is 18.3 Å². The van der Waals surface area contributed by atoms with E-state index in [2.05, 4.69) is 37.7 Å². The van der Waals surface area contributed by atoms with Gasteiger partial charge in [0, 0.05) is 41.4 Å². The third kappa shape index (κ3) is 4.12. The average Bonchev–Trinajstić information content (AvgIpc) is 3.17. The van der Waals surface area contributed by atoms with Gasteiger partial charge in [-0.05, 0) is 44.2 Å². The summed E-state index contributed by atoms with van der Waals surface area (Å²) >= 11 is 0. The minimum Gasteiger partial charge on any atom is -0.439 e. The van der Waals surface area contributed by atoms with Crippen LogP contribution in [0.1, 0.15) is 31.2 Å². The Morgan fingerprint density at radius 3 is 2.91 bits per heavy atom. The first-order chi connectivity index (χ1) is 15.5. The van der Waals surface area contributed by atoms with E-state index < -0.39 is 6.09 Å². The van der Waals surface area contributed by atoms with Crippen LogP contribution in [0.3, 0.4) is 0 Å². The maximum atomic E-state index is 12.3. The van der Waals surface area contributed by atoms with Crippen LogP contribution in [0.25, 0.3) is 10.9 Å². The molecule has 3 aromatic heterocycles. The second kappa shape index (κ2) is 7.97. The van der Waals surface area contributed by atoms with Crippen molar-refractivity contribution < 1.29 is 14.4 Å². The molecule has 0 unspecified atom stereocenters. The van der Waals surface area contributed by atoms with Crippen molar-refractivity contribution in [1.29, 1.82) is 0 Å². The summed E-state index contributed by atoms with van der Waals surface area (Å²) in [5, 5.41) is 13.7. The number of amides is 1. The fraction of sp³-hybridized carbons (Fsp3) is 0.273. The van der Waals surface area contributed by atoms with Crippen LogP contribution in [0.2, 0.25) is 0 Å². The Balaban J connectivity index is 1.26. The first-order valence-electron chi connectivity index (χ1n) is 10.3. The standard InChI is InChI=1S/C22H23N7O3/c1-22(6-7-22)18-11-19(28-27-18)26-21(30)32-29-8-5-14-9-16(3-4-17(14)29)31-20-10-15(12-23-2)24-13-25-20/h3-5,8-11,13,23H,6-7,12H2,1-2H3,(H2,26,27,28,30). The number of carbonyl (C=O) groups is 1. The molecule has 0 radical (unpaired) electrons. The maximum absolute atomic E-state index is 12.3. The van der Waals surface area contributed by atoms with Gasteiger partial charge in [0.2, 0.25) is 5.88 Å². The van der Waals surface area contributed by atoms with Crippen molar-refractivity contribution in [3.8, 4) is 11.6 Å². The van der Waals surface area contributed by atoms with Crippen LogP contribution in [0.15, 0.2) is 48.9 Å². The molecular weight excluding hydrogens is 410 g/mol. The molecule has 3 N–H and O–H groups in total. The highest BCUT2D eigenvalue weighted by atomic mass is 16.7. The van der Waals surface area contributed by atoms with Crippen molar-refractivity contribution in [3.63, 3.8) is 0 Å². The fourth-order valence-corrected chi connectivity index (χ4v) is 3.44. The number of ether oxygens (including phenoxy) is 1. The van der Waals surface area contributed by atoms with Gasteiger partial charge in [-0.25, -0.2) is 14.8 Å². The lowest BCUT2D eigenvalue weighted by molar-refractivity contribution is 0.153. The molecule has 32 heavy (non-hydrogen) atoms. The average molecular weight is 433 g/mol. The van der Waals surface area contributed by atoms with Crippen LogP contribution >= 0.6 is 0 Å². The molecule has 3 heterocycles. The normalized spacial score (nSPS) is 14.3. The second-order valence-electron chi connectivity index (χ2n) is 8.07. The highest BCUT2D eigenvalue weighted by Gasteiger charge is 2.40. The van der Waals surface area contributed by atoms with Crippen molar-refractivity contribution in [3.05, 3.63) is 60.3 Å². The predicted octanol–water partition coefficient (Wildman–Crippen LogP) is 3.38. The van der Waals surface area contributed by atoms with Gasteiger partial charge in [0.25, 0.3) is 0 Å². The lowest BCUT2D eigenvalue weighted by Crippen LogP contribution is -2.24. The number of anilines is 1. The zero-order valence-electron chi connectivity index (χ0n) is 17.8. The number of H-pyrrole nitrogens is 1. The number of hydrogen-bond donors (Lipinski definition) is 3. The Bertz CT molecular complexity index is 1280. The van der Waals surface area contributed by atoms with Gasteiger partial charge in [-0.1, -0.05) is 6.92 Å². The van der Waals surface area contributed by atoms with E-state index in [4.69, 9.17) is 9.57 Å². The molecule has 0 spiro atoms. The minimum absolute atomic E-state index is 0.146. The molecule has 10 heteroatoms. The molecule has 1 aliphatic carbocycles. The first kappa shape index (κ1) is 20.0. The monoisotopic (exact) mass is 433 g/mol. The van der Waals surface area contributed by atoms with Gasteiger partial charge < -0.3 is 14.9 Å². The van der Waals surface area contributed by atoms with Gasteiger partial charge in [0.05, 0.1) is 11.2 Å². The maximum Gasteiger partial charge on any atom is 0.437 e. The molecule has 1 aromatic carbocycles. The number of nitrogens with one attached hydrogen (secondary N) is 3. The number of aromatic amines is 1. The summed E-state index contributed by atoms with van der Waals surface area (Å²) in [6.45, 7) is 2.79. The molecule has 0 bridgehead atoms. The van der Waals surface area contributed by atoms with Crippen LogP contribution < -0.4 is 20.2 Å². The Labute approximate surface area is 183 Å². The summed E-state index contributed by atoms with van der Waals surface area (Å²) in [7, 11) is 1.85. The zero-order valence-corrected chi connectivity index (χ0v) is 17.8.